The molecule has 1 aliphatic heterocycles. The molecule has 3 rings (SSSR count). The maximum Gasteiger partial charge on any atom is 0.309 e. The number of aromatic amines is 1. The zero-order chi connectivity index (χ0) is 14.8. The van der Waals surface area contributed by atoms with Gasteiger partial charge in [-0.15, -0.1) is 0 Å². The third kappa shape index (κ3) is 2.88. The van der Waals surface area contributed by atoms with Gasteiger partial charge < -0.3 is 9.72 Å². The van der Waals surface area contributed by atoms with E-state index in [0.29, 0.717) is 18.4 Å². The van der Waals surface area contributed by atoms with E-state index in [2.05, 4.69) is 33.9 Å². The first-order valence-electron chi connectivity index (χ1n) is 7.73. The molecule has 1 aromatic heterocycles. The topological polar surface area (TPSA) is 58.2 Å². The Hall–Kier alpha value is -1.62. The van der Waals surface area contributed by atoms with Crippen molar-refractivity contribution in [3.05, 3.63) is 30.4 Å². The van der Waals surface area contributed by atoms with Crippen molar-refractivity contribution in [2.45, 2.75) is 20.4 Å². The van der Waals surface area contributed by atoms with E-state index in [1.807, 2.05) is 13.1 Å². The average molecular weight is 289 g/mol. The molecule has 0 aromatic carbocycles. The van der Waals surface area contributed by atoms with Crippen LogP contribution in [0, 0.1) is 23.7 Å². The lowest BCUT2D eigenvalue weighted by molar-refractivity contribution is -0.152. The van der Waals surface area contributed by atoms with E-state index in [4.69, 9.17) is 4.74 Å². The largest absolute Gasteiger partial charge is 0.466 e. The molecule has 2 aliphatic rings. The molecule has 1 aromatic rings. The molecular weight excluding hydrogens is 266 g/mol. The molecule has 0 saturated carbocycles. The first-order valence-corrected chi connectivity index (χ1v) is 7.73. The number of hydrogen-bond donors (Lipinski definition) is 1. The van der Waals surface area contributed by atoms with Gasteiger partial charge in [0.25, 0.3) is 0 Å². The Kier molecular flexibility index (Phi) is 4.10. The summed E-state index contributed by atoms with van der Waals surface area (Å²) in [4.78, 5) is 21.9. The monoisotopic (exact) mass is 289 g/mol. The summed E-state index contributed by atoms with van der Waals surface area (Å²) < 4.78 is 5.29. The normalized spacial score (nSPS) is 32.1. The zero-order valence-electron chi connectivity index (χ0n) is 12.7. The number of fused-ring (bicyclic) bond motifs is 1. The predicted octanol–water partition coefficient (Wildman–Crippen LogP) is 1.84. The first-order chi connectivity index (χ1) is 10.2. The summed E-state index contributed by atoms with van der Waals surface area (Å²) in [5.74, 6) is 1.04. The van der Waals surface area contributed by atoms with Crippen LogP contribution in [0.1, 0.15) is 19.5 Å². The van der Waals surface area contributed by atoms with Crippen LogP contribution in [0.25, 0.3) is 0 Å². The molecule has 21 heavy (non-hydrogen) atoms. The molecule has 0 spiro atoms. The van der Waals surface area contributed by atoms with Crippen molar-refractivity contribution in [2.75, 3.05) is 19.7 Å². The van der Waals surface area contributed by atoms with Crippen LogP contribution in [0.5, 0.6) is 0 Å². The van der Waals surface area contributed by atoms with Gasteiger partial charge in [0.15, 0.2) is 0 Å². The fraction of sp³-hybridized carbons (Fsp3) is 0.625. The number of aromatic nitrogens is 2. The smallest absolute Gasteiger partial charge is 0.309 e. The summed E-state index contributed by atoms with van der Waals surface area (Å²) >= 11 is 0. The molecule has 4 atom stereocenters. The van der Waals surface area contributed by atoms with E-state index in [0.717, 1.165) is 25.3 Å². The number of carbonyl (C=O) groups excluding carboxylic acids is 1. The minimum Gasteiger partial charge on any atom is -0.466 e. The van der Waals surface area contributed by atoms with Crippen molar-refractivity contribution < 1.29 is 9.53 Å². The van der Waals surface area contributed by atoms with Crippen molar-refractivity contribution in [1.82, 2.24) is 14.9 Å². The maximum absolute atomic E-state index is 12.3. The molecule has 0 bridgehead atoms. The number of likely N-dealkylation sites (tertiary alicyclic amines) is 1. The number of nitrogens with one attached hydrogen (secondary N) is 1. The predicted molar refractivity (Wildman–Crippen MR) is 79.3 cm³/mol. The van der Waals surface area contributed by atoms with Crippen molar-refractivity contribution in [3.8, 4) is 0 Å². The second kappa shape index (κ2) is 6.02. The van der Waals surface area contributed by atoms with Crippen LogP contribution in [0.2, 0.25) is 0 Å². The van der Waals surface area contributed by atoms with Gasteiger partial charge in [0.2, 0.25) is 0 Å². The van der Waals surface area contributed by atoms with Gasteiger partial charge in [0.1, 0.15) is 0 Å². The van der Waals surface area contributed by atoms with Crippen LogP contribution < -0.4 is 0 Å². The number of imidazole rings is 1. The average Bonchev–Trinajstić information content (AvgIpc) is 3.08. The second-order valence-corrected chi connectivity index (χ2v) is 6.12. The number of carbonyl (C=O) groups is 1. The first kappa shape index (κ1) is 14.3. The van der Waals surface area contributed by atoms with Gasteiger partial charge in [-0.2, -0.15) is 0 Å². The van der Waals surface area contributed by atoms with Crippen molar-refractivity contribution in [2.24, 2.45) is 23.7 Å². The molecule has 2 heterocycles. The third-order valence-electron chi connectivity index (χ3n) is 4.69. The van der Waals surface area contributed by atoms with Gasteiger partial charge in [-0.1, -0.05) is 19.1 Å². The maximum atomic E-state index is 12.3. The minimum absolute atomic E-state index is 0.00767. The van der Waals surface area contributed by atoms with Crippen LogP contribution in [-0.2, 0) is 16.1 Å². The summed E-state index contributed by atoms with van der Waals surface area (Å²) in [7, 11) is 0. The fourth-order valence-electron chi connectivity index (χ4n) is 3.72. The summed E-state index contributed by atoms with van der Waals surface area (Å²) in [5.41, 5.74) is 1.12. The molecular formula is C16H23N3O2. The number of nitrogens with zero attached hydrogens (tertiary/aromatic N) is 2. The van der Waals surface area contributed by atoms with Gasteiger partial charge in [-0.25, -0.2) is 4.98 Å². The van der Waals surface area contributed by atoms with Crippen molar-refractivity contribution >= 4 is 5.97 Å². The molecule has 1 N–H and O–H groups in total. The molecule has 0 amide bonds. The quantitative estimate of drug-likeness (QED) is 0.679. The molecule has 0 radical (unpaired) electrons. The third-order valence-corrected chi connectivity index (χ3v) is 4.69. The van der Waals surface area contributed by atoms with Gasteiger partial charge >= 0.3 is 5.97 Å². The standard InChI is InChI=1S/C16H23N3O2/c1-3-21-16(20)15-11(2)4-5-12-7-19(9-14(12)15)8-13-6-17-10-18-13/h4-6,10-12,14-15H,3,7-9H2,1-2H3,(H,17,18)/t11-,12-,14-,15-/m0/s1. The molecule has 5 nitrogen and oxygen atoms in total. The Morgan fingerprint density at radius 3 is 3.05 bits per heavy atom. The lowest BCUT2D eigenvalue weighted by atomic mass is 9.72. The van der Waals surface area contributed by atoms with Crippen LogP contribution >= 0.6 is 0 Å². The highest BCUT2D eigenvalue weighted by Gasteiger charge is 2.44. The highest BCUT2D eigenvalue weighted by molar-refractivity contribution is 5.74. The highest BCUT2D eigenvalue weighted by atomic mass is 16.5. The van der Waals surface area contributed by atoms with E-state index in [1.165, 1.54) is 0 Å². The zero-order valence-corrected chi connectivity index (χ0v) is 12.7. The molecule has 114 valence electrons. The van der Waals surface area contributed by atoms with Gasteiger partial charge in [0, 0.05) is 31.5 Å². The molecule has 1 fully saturated rings. The lowest BCUT2D eigenvalue weighted by Crippen LogP contribution is -2.37. The second-order valence-electron chi connectivity index (χ2n) is 6.12. The number of esters is 1. The number of ether oxygens (including phenoxy) is 1. The SMILES string of the molecule is CCOC(=O)[C@@H]1[C@H]2CN(Cc3cnc[nH]3)C[C@@H]2C=C[C@@H]1C. The molecule has 0 unspecified atom stereocenters. The number of allylic oxidation sites excluding steroid dienone is 1. The lowest BCUT2D eigenvalue weighted by Gasteiger charge is -2.32. The number of H-pyrrole nitrogens is 1. The van der Waals surface area contributed by atoms with Crippen LogP contribution in [0.4, 0.5) is 0 Å². The summed E-state index contributed by atoms with van der Waals surface area (Å²) in [6.07, 6.45) is 8.05. The van der Waals surface area contributed by atoms with Gasteiger partial charge in [0.05, 0.1) is 18.9 Å². The fourth-order valence-corrected chi connectivity index (χ4v) is 3.72. The van der Waals surface area contributed by atoms with Crippen molar-refractivity contribution in [3.63, 3.8) is 0 Å². The van der Waals surface area contributed by atoms with Crippen LogP contribution in [0.3, 0.4) is 0 Å². The van der Waals surface area contributed by atoms with E-state index >= 15 is 0 Å². The van der Waals surface area contributed by atoms with Gasteiger partial charge in [-0.3, -0.25) is 9.69 Å². The number of hydrogen-bond acceptors (Lipinski definition) is 4. The van der Waals surface area contributed by atoms with Crippen molar-refractivity contribution in [1.29, 1.82) is 0 Å². The van der Waals surface area contributed by atoms with E-state index in [1.54, 1.807) is 6.33 Å². The summed E-state index contributed by atoms with van der Waals surface area (Å²) in [5, 5.41) is 0. The molecule has 1 saturated heterocycles. The Bertz CT molecular complexity index is 512. The Morgan fingerprint density at radius 2 is 2.33 bits per heavy atom. The molecule has 5 heteroatoms. The van der Waals surface area contributed by atoms with Gasteiger partial charge in [-0.05, 0) is 24.7 Å². The Labute approximate surface area is 125 Å². The summed E-state index contributed by atoms with van der Waals surface area (Å²) in [6, 6.07) is 0. The van der Waals surface area contributed by atoms with E-state index in [9.17, 15) is 4.79 Å². The Balaban J connectivity index is 1.71. The minimum atomic E-state index is -0.0345. The van der Waals surface area contributed by atoms with E-state index in [-0.39, 0.29) is 17.8 Å². The summed E-state index contributed by atoms with van der Waals surface area (Å²) in [6.45, 7) is 7.26. The highest BCUT2D eigenvalue weighted by Crippen LogP contribution is 2.40. The van der Waals surface area contributed by atoms with E-state index < -0.39 is 0 Å². The Morgan fingerprint density at radius 1 is 1.48 bits per heavy atom. The number of rotatable bonds is 4. The van der Waals surface area contributed by atoms with Crippen LogP contribution in [0.15, 0.2) is 24.7 Å². The molecule has 1 aliphatic carbocycles. The van der Waals surface area contributed by atoms with Crippen LogP contribution in [-0.4, -0.2) is 40.5 Å².